The zero-order valence-electron chi connectivity index (χ0n) is 10.6. The molecule has 0 bridgehead atoms. The van der Waals surface area contributed by atoms with E-state index in [0.717, 1.165) is 0 Å². The highest BCUT2D eigenvalue weighted by Crippen LogP contribution is 2.20. The maximum atomic E-state index is 12.4. The first-order valence-electron chi connectivity index (χ1n) is 6.01. The van der Waals surface area contributed by atoms with E-state index in [2.05, 4.69) is 10.3 Å². The molecule has 0 spiro atoms. The van der Waals surface area contributed by atoms with Gasteiger partial charge < -0.3 is 20.1 Å². The molecule has 7 heteroatoms. The first-order valence-corrected chi connectivity index (χ1v) is 6.39. The third kappa shape index (κ3) is 2.97. The van der Waals surface area contributed by atoms with E-state index >= 15 is 0 Å². The summed E-state index contributed by atoms with van der Waals surface area (Å²) in [5.41, 5.74) is 0.189. The number of pyridine rings is 1. The number of aliphatic hydroxyl groups is 1. The molecule has 6 nitrogen and oxygen atoms in total. The van der Waals surface area contributed by atoms with Gasteiger partial charge in [0.1, 0.15) is 11.5 Å². The first kappa shape index (κ1) is 14.0. The van der Waals surface area contributed by atoms with Crippen LogP contribution in [0.2, 0.25) is 5.02 Å². The molecule has 104 valence electrons. The molecule has 0 aliphatic carbocycles. The molecule has 19 heavy (non-hydrogen) atoms. The van der Waals surface area contributed by atoms with E-state index in [1.54, 1.807) is 24.1 Å². The zero-order chi connectivity index (χ0) is 13.8. The molecular weight excluding hydrogens is 270 g/mol. The van der Waals surface area contributed by atoms with Crippen LogP contribution in [0.3, 0.4) is 0 Å². The van der Waals surface area contributed by atoms with E-state index in [1.165, 1.54) is 0 Å². The Morgan fingerprint density at radius 1 is 1.68 bits per heavy atom. The van der Waals surface area contributed by atoms with Crippen LogP contribution in [-0.4, -0.2) is 60.4 Å². The minimum absolute atomic E-state index is 0.144. The minimum atomic E-state index is -0.350. The number of ether oxygens (including phenoxy) is 1. The van der Waals surface area contributed by atoms with Crippen molar-refractivity contribution in [3.8, 4) is 0 Å². The summed E-state index contributed by atoms with van der Waals surface area (Å²) in [6, 6.07) is 2.97. The summed E-state index contributed by atoms with van der Waals surface area (Å²) >= 11 is 6.03. The second kappa shape index (κ2) is 6.18. The molecule has 1 saturated heterocycles. The molecule has 0 radical (unpaired) electrons. The third-order valence-electron chi connectivity index (χ3n) is 3.00. The molecule has 1 unspecified atom stereocenters. The van der Waals surface area contributed by atoms with Crippen molar-refractivity contribution >= 4 is 23.3 Å². The lowest BCUT2D eigenvalue weighted by molar-refractivity contribution is -0.0186. The Balaban J connectivity index is 2.27. The van der Waals surface area contributed by atoms with Crippen LogP contribution in [0.4, 0.5) is 5.82 Å². The predicted molar refractivity (Wildman–Crippen MR) is 71.5 cm³/mol. The predicted octanol–water partition coefficient (Wildman–Crippen LogP) is 0.610. The average molecular weight is 286 g/mol. The third-order valence-corrected chi connectivity index (χ3v) is 3.31. The van der Waals surface area contributed by atoms with Crippen LogP contribution in [-0.2, 0) is 4.74 Å². The van der Waals surface area contributed by atoms with Crippen molar-refractivity contribution in [1.82, 2.24) is 9.88 Å². The Kier molecular flexibility index (Phi) is 4.57. The number of nitrogens with zero attached hydrogens (tertiary/aromatic N) is 2. The Bertz CT molecular complexity index is 470. The number of anilines is 1. The van der Waals surface area contributed by atoms with Crippen LogP contribution in [0.25, 0.3) is 0 Å². The van der Waals surface area contributed by atoms with Gasteiger partial charge in [-0.3, -0.25) is 4.79 Å². The number of carbonyl (C=O) groups excluding carboxylic acids is 1. The van der Waals surface area contributed by atoms with Gasteiger partial charge in [-0.25, -0.2) is 4.98 Å². The second-order valence-electron chi connectivity index (χ2n) is 4.19. The number of nitrogens with one attached hydrogen (secondary N) is 1. The van der Waals surface area contributed by atoms with Gasteiger partial charge in [0, 0.05) is 13.6 Å². The quantitative estimate of drug-likeness (QED) is 0.851. The summed E-state index contributed by atoms with van der Waals surface area (Å²) in [7, 11) is 1.72. The maximum Gasteiger partial charge on any atom is 0.274 e. The highest BCUT2D eigenvalue weighted by atomic mass is 35.5. The van der Waals surface area contributed by atoms with Gasteiger partial charge in [-0.05, 0) is 12.1 Å². The zero-order valence-corrected chi connectivity index (χ0v) is 11.4. The Morgan fingerprint density at radius 3 is 3.16 bits per heavy atom. The topological polar surface area (TPSA) is 74.7 Å². The number of hydrogen-bond donors (Lipinski definition) is 2. The van der Waals surface area contributed by atoms with Gasteiger partial charge in [0.15, 0.2) is 0 Å². The first-order chi connectivity index (χ1) is 9.17. The number of amides is 1. The lowest BCUT2D eigenvalue weighted by Gasteiger charge is -2.34. The summed E-state index contributed by atoms with van der Waals surface area (Å²) in [6.45, 7) is 1.05. The molecule has 1 aromatic heterocycles. The van der Waals surface area contributed by atoms with Crippen LogP contribution in [0.1, 0.15) is 10.5 Å². The Morgan fingerprint density at radius 2 is 2.47 bits per heavy atom. The number of hydrogen-bond acceptors (Lipinski definition) is 5. The van der Waals surface area contributed by atoms with Gasteiger partial charge in [0.05, 0.1) is 30.9 Å². The van der Waals surface area contributed by atoms with Crippen LogP contribution in [0, 0.1) is 0 Å². The number of morpholine rings is 1. The summed E-state index contributed by atoms with van der Waals surface area (Å²) < 4.78 is 5.24. The van der Waals surface area contributed by atoms with Gasteiger partial charge in [0.2, 0.25) is 0 Å². The molecule has 1 fully saturated rings. The van der Waals surface area contributed by atoms with E-state index in [4.69, 9.17) is 16.3 Å². The molecule has 0 aromatic carbocycles. The van der Waals surface area contributed by atoms with Gasteiger partial charge in [-0.2, -0.15) is 0 Å². The van der Waals surface area contributed by atoms with Gasteiger partial charge >= 0.3 is 0 Å². The standard InChI is InChI=1S/C12H16ClN3O3/c1-14-10-3-2-9(13)11(15-10)12(18)16-4-5-19-7-8(16)6-17/h2-3,8,17H,4-7H2,1H3,(H,14,15). The van der Waals surface area contributed by atoms with Crippen molar-refractivity contribution in [2.75, 3.05) is 38.7 Å². The van der Waals surface area contributed by atoms with E-state index in [0.29, 0.717) is 30.6 Å². The van der Waals surface area contributed by atoms with Crippen molar-refractivity contribution in [3.63, 3.8) is 0 Å². The van der Waals surface area contributed by atoms with Crippen molar-refractivity contribution in [1.29, 1.82) is 0 Å². The van der Waals surface area contributed by atoms with Crippen LogP contribution in [0.5, 0.6) is 0 Å². The van der Waals surface area contributed by atoms with Gasteiger partial charge in [-0.1, -0.05) is 11.6 Å². The molecular formula is C12H16ClN3O3. The van der Waals surface area contributed by atoms with E-state index in [1.807, 2.05) is 0 Å². The lowest BCUT2D eigenvalue weighted by atomic mass is 10.2. The Hall–Kier alpha value is -1.37. The molecule has 2 heterocycles. The van der Waals surface area contributed by atoms with Crippen LogP contribution >= 0.6 is 11.6 Å². The summed E-state index contributed by atoms with van der Waals surface area (Å²) in [5.74, 6) is 0.283. The summed E-state index contributed by atoms with van der Waals surface area (Å²) in [6.07, 6.45) is 0. The fourth-order valence-electron chi connectivity index (χ4n) is 1.94. The number of halogens is 1. The van der Waals surface area contributed by atoms with Crippen molar-refractivity contribution < 1.29 is 14.6 Å². The largest absolute Gasteiger partial charge is 0.394 e. The molecule has 1 aliphatic rings. The molecule has 1 amide bonds. The molecule has 1 atom stereocenters. The smallest absolute Gasteiger partial charge is 0.274 e. The summed E-state index contributed by atoms with van der Waals surface area (Å²) in [5, 5.41) is 12.4. The van der Waals surface area contributed by atoms with E-state index in [-0.39, 0.29) is 24.2 Å². The highest BCUT2D eigenvalue weighted by Gasteiger charge is 2.29. The van der Waals surface area contributed by atoms with E-state index < -0.39 is 0 Å². The monoisotopic (exact) mass is 285 g/mol. The molecule has 1 aliphatic heterocycles. The number of carbonyl (C=O) groups is 1. The second-order valence-corrected chi connectivity index (χ2v) is 4.59. The fourth-order valence-corrected chi connectivity index (χ4v) is 2.13. The molecule has 2 rings (SSSR count). The number of aliphatic hydroxyl groups excluding tert-OH is 1. The van der Waals surface area contributed by atoms with Crippen molar-refractivity contribution in [2.45, 2.75) is 6.04 Å². The average Bonchev–Trinajstić information content (AvgIpc) is 2.47. The molecule has 0 saturated carbocycles. The van der Waals surface area contributed by atoms with Gasteiger partial charge in [-0.15, -0.1) is 0 Å². The van der Waals surface area contributed by atoms with Gasteiger partial charge in [0.25, 0.3) is 5.91 Å². The Labute approximate surface area is 116 Å². The van der Waals surface area contributed by atoms with E-state index in [9.17, 15) is 9.90 Å². The molecule has 1 aromatic rings. The summed E-state index contributed by atoms with van der Waals surface area (Å²) in [4.78, 5) is 18.2. The minimum Gasteiger partial charge on any atom is -0.394 e. The lowest BCUT2D eigenvalue weighted by Crippen LogP contribution is -2.50. The molecule has 2 N–H and O–H groups in total. The number of aromatic nitrogens is 1. The number of rotatable bonds is 3. The van der Waals surface area contributed by atoms with Crippen LogP contribution in [0.15, 0.2) is 12.1 Å². The maximum absolute atomic E-state index is 12.4. The highest BCUT2D eigenvalue weighted by molar-refractivity contribution is 6.33. The fraction of sp³-hybridized carbons (Fsp3) is 0.500. The normalized spacial score (nSPS) is 19.3. The SMILES string of the molecule is CNc1ccc(Cl)c(C(=O)N2CCOCC2CO)n1. The van der Waals surface area contributed by atoms with Crippen LogP contribution < -0.4 is 5.32 Å². The van der Waals surface area contributed by atoms with Crippen molar-refractivity contribution in [3.05, 3.63) is 22.8 Å². The van der Waals surface area contributed by atoms with Crippen molar-refractivity contribution in [2.24, 2.45) is 0 Å².